The minimum atomic E-state index is -4.48. The Balaban J connectivity index is 1.89. The molecule has 7 heteroatoms. The third-order valence-corrected chi connectivity index (χ3v) is 5.14. The van der Waals surface area contributed by atoms with Gasteiger partial charge < -0.3 is 10.0 Å². The summed E-state index contributed by atoms with van der Waals surface area (Å²) in [7, 11) is 0. The van der Waals surface area contributed by atoms with Gasteiger partial charge in [0.2, 0.25) is 0 Å². The Morgan fingerprint density at radius 1 is 1.10 bits per heavy atom. The van der Waals surface area contributed by atoms with Crippen molar-refractivity contribution in [3.05, 3.63) is 70.3 Å². The fraction of sp³-hybridized carbons (Fsp3) is 0.364. The molecular weight excluding hydrogens is 383 g/mol. The van der Waals surface area contributed by atoms with Crippen LogP contribution >= 0.6 is 0 Å². The van der Waals surface area contributed by atoms with Crippen LogP contribution < -0.4 is 0 Å². The van der Waals surface area contributed by atoms with Crippen molar-refractivity contribution in [2.75, 3.05) is 6.54 Å². The highest BCUT2D eigenvalue weighted by Gasteiger charge is 2.37. The summed E-state index contributed by atoms with van der Waals surface area (Å²) in [5, 5.41) is 10.8. The number of carbonyl (C=O) groups excluding carboxylic acids is 2. The van der Waals surface area contributed by atoms with Gasteiger partial charge in [0, 0.05) is 24.9 Å². The molecule has 0 bridgehead atoms. The zero-order valence-corrected chi connectivity index (χ0v) is 16.2. The SMILES string of the molecule is Cc1cc(C)cc(C(=O)N2CCC(=O)C[C@@H]2[C@@H](O)c2ccc(C(F)(F)F)cc2)c1. The Hall–Kier alpha value is -2.67. The fourth-order valence-corrected chi connectivity index (χ4v) is 3.75. The van der Waals surface area contributed by atoms with Gasteiger partial charge in [-0.1, -0.05) is 29.3 Å². The van der Waals surface area contributed by atoms with E-state index in [1.807, 2.05) is 19.9 Å². The van der Waals surface area contributed by atoms with Crippen LogP contribution in [-0.2, 0) is 11.0 Å². The Kier molecular flexibility index (Phi) is 5.80. The second-order valence-corrected chi connectivity index (χ2v) is 7.50. The van der Waals surface area contributed by atoms with Gasteiger partial charge in [-0.15, -0.1) is 0 Å². The third-order valence-electron chi connectivity index (χ3n) is 5.14. The summed E-state index contributed by atoms with van der Waals surface area (Å²) >= 11 is 0. The number of likely N-dealkylation sites (tertiary alicyclic amines) is 1. The molecule has 1 amide bonds. The van der Waals surface area contributed by atoms with Gasteiger partial charge in [-0.05, 0) is 43.7 Å². The molecule has 1 aliphatic heterocycles. The lowest BCUT2D eigenvalue weighted by atomic mass is 9.91. The molecule has 2 aromatic carbocycles. The van der Waals surface area contributed by atoms with Crippen LogP contribution in [0.25, 0.3) is 0 Å². The first-order valence-corrected chi connectivity index (χ1v) is 9.32. The second-order valence-electron chi connectivity index (χ2n) is 7.50. The average Bonchev–Trinajstić information content (AvgIpc) is 2.65. The van der Waals surface area contributed by atoms with Gasteiger partial charge in [-0.3, -0.25) is 9.59 Å². The van der Waals surface area contributed by atoms with Crippen LogP contribution in [0, 0.1) is 13.8 Å². The highest BCUT2D eigenvalue weighted by Crippen LogP contribution is 2.33. The van der Waals surface area contributed by atoms with Crippen LogP contribution in [-0.4, -0.2) is 34.3 Å². The lowest BCUT2D eigenvalue weighted by Gasteiger charge is -2.38. The van der Waals surface area contributed by atoms with Crippen LogP contribution in [0.4, 0.5) is 13.2 Å². The number of halogens is 3. The summed E-state index contributed by atoms with van der Waals surface area (Å²) < 4.78 is 38.4. The van der Waals surface area contributed by atoms with Crippen LogP contribution in [0.1, 0.15) is 51.6 Å². The molecule has 2 atom stereocenters. The lowest BCUT2D eigenvalue weighted by molar-refractivity contribution is -0.137. The summed E-state index contributed by atoms with van der Waals surface area (Å²) in [4.78, 5) is 26.6. The predicted octanol–water partition coefficient (Wildman–Crippen LogP) is 4.23. The van der Waals surface area contributed by atoms with E-state index >= 15 is 0 Å². The number of Topliss-reactive ketones (excluding diaryl/α,β-unsaturated/α-hetero) is 1. The van der Waals surface area contributed by atoms with E-state index in [9.17, 15) is 27.9 Å². The monoisotopic (exact) mass is 405 g/mol. The smallest absolute Gasteiger partial charge is 0.386 e. The van der Waals surface area contributed by atoms with Crippen molar-refractivity contribution in [1.29, 1.82) is 0 Å². The molecule has 3 rings (SSSR count). The second kappa shape index (κ2) is 7.99. The standard InChI is InChI=1S/C22H22F3NO3/c1-13-9-14(2)11-16(10-13)21(29)26-8-7-18(27)12-19(26)20(28)15-3-5-17(6-4-15)22(23,24)25/h3-6,9-11,19-20,28H,7-8,12H2,1-2H3/t19-,20+/m1/s1. The van der Waals surface area contributed by atoms with E-state index < -0.39 is 23.9 Å². The summed E-state index contributed by atoms with van der Waals surface area (Å²) in [6, 6.07) is 8.74. The minimum Gasteiger partial charge on any atom is -0.386 e. The number of alkyl halides is 3. The first kappa shape index (κ1) is 21.0. The number of aliphatic hydroxyl groups excluding tert-OH is 1. The van der Waals surface area contributed by atoms with Gasteiger partial charge in [0.25, 0.3) is 5.91 Å². The van der Waals surface area contributed by atoms with E-state index in [-0.39, 0.29) is 36.6 Å². The molecule has 0 unspecified atom stereocenters. The molecule has 1 N–H and O–H groups in total. The van der Waals surface area contributed by atoms with Gasteiger partial charge in [0.15, 0.2) is 0 Å². The predicted molar refractivity (Wildman–Crippen MR) is 101 cm³/mol. The lowest BCUT2D eigenvalue weighted by Crippen LogP contribution is -2.49. The van der Waals surface area contributed by atoms with Crippen LogP contribution in [0.2, 0.25) is 0 Å². The molecule has 1 aliphatic rings. The average molecular weight is 405 g/mol. The zero-order chi connectivity index (χ0) is 21.3. The number of aryl methyl sites for hydroxylation is 2. The third kappa shape index (κ3) is 4.67. The van der Waals surface area contributed by atoms with Crippen molar-refractivity contribution in [3.8, 4) is 0 Å². The van der Waals surface area contributed by atoms with Crippen molar-refractivity contribution in [2.45, 2.75) is 45.0 Å². The van der Waals surface area contributed by atoms with Gasteiger partial charge in [0.05, 0.1) is 17.7 Å². The van der Waals surface area contributed by atoms with Crippen molar-refractivity contribution in [2.24, 2.45) is 0 Å². The Bertz CT molecular complexity index is 902. The number of aliphatic hydroxyl groups is 1. The molecule has 1 fully saturated rings. The number of carbonyl (C=O) groups is 2. The maximum atomic E-state index is 13.1. The number of amides is 1. The fourth-order valence-electron chi connectivity index (χ4n) is 3.75. The molecule has 0 aliphatic carbocycles. The maximum Gasteiger partial charge on any atom is 0.416 e. The topological polar surface area (TPSA) is 57.6 Å². The number of piperidine rings is 1. The normalized spacial score (nSPS) is 18.6. The molecule has 1 saturated heterocycles. The molecule has 0 saturated carbocycles. The quantitative estimate of drug-likeness (QED) is 0.832. The molecule has 154 valence electrons. The number of benzene rings is 2. The summed E-state index contributed by atoms with van der Waals surface area (Å²) in [5.41, 5.74) is 1.70. The van der Waals surface area contributed by atoms with Crippen molar-refractivity contribution in [3.63, 3.8) is 0 Å². The number of hydrogen-bond acceptors (Lipinski definition) is 3. The zero-order valence-electron chi connectivity index (χ0n) is 16.2. The number of rotatable bonds is 3. The van der Waals surface area contributed by atoms with Gasteiger partial charge in [0.1, 0.15) is 5.78 Å². The Labute approximate surface area is 167 Å². The highest BCUT2D eigenvalue weighted by molar-refractivity contribution is 5.96. The van der Waals surface area contributed by atoms with Crippen molar-refractivity contribution in [1.82, 2.24) is 4.90 Å². The van der Waals surface area contributed by atoms with E-state index in [0.717, 1.165) is 23.3 Å². The Morgan fingerprint density at radius 3 is 2.24 bits per heavy atom. The van der Waals surface area contributed by atoms with Gasteiger partial charge in [-0.25, -0.2) is 0 Å². The summed E-state index contributed by atoms with van der Waals surface area (Å²) in [6.07, 6.45) is -5.60. The van der Waals surface area contributed by atoms with Gasteiger partial charge in [-0.2, -0.15) is 13.2 Å². The molecule has 0 radical (unpaired) electrons. The summed E-state index contributed by atoms with van der Waals surface area (Å²) in [6.45, 7) is 3.91. The summed E-state index contributed by atoms with van der Waals surface area (Å²) in [5.74, 6) is -0.398. The molecular formula is C22H22F3NO3. The van der Waals surface area contributed by atoms with E-state index in [4.69, 9.17) is 0 Å². The molecule has 29 heavy (non-hydrogen) atoms. The highest BCUT2D eigenvalue weighted by atomic mass is 19.4. The van der Waals surface area contributed by atoms with Gasteiger partial charge >= 0.3 is 6.18 Å². The molecule has 0 spiro atoms. The Morgan fingerprint density at radius 2 is 1.69 bits per heavy atom. The first-order chi connectivity index (χ1) is 13.6. The van der Waals surface area contributed by atoms with E-state index in [2.05, 4.69) is 0 Å². The van der Waals surface area contributed by atoms with E-state index in [0.29, 0.717) is 5.56 Å². The molecule has 4 nitrogen and oxygen atoms in total. The molecule has 0 aromatic heterocycles. The van der Waals surface area contributed by atoms with Crippen LogP contribution in [0.5, 0.6) is 0 Å². The first-order valence-electron chi connectivity index (χ1n) is 9.32. The van der Waals surface area contributed by atoms with Crippen molar-refractivity contribution < 1.29 is 27.9 Å². The van der Waals surface area contributed by atoms with E-state index in [1.165, 1.54) is 17.0 Å². The number of nitrogens with zero attached hydrogens (tertiary/aromatic N) is 1. The van der Waals surface area contributed by atoms with Crippen LogP contribution in [0.3, 0.4) is 0 Å². The maximum absolute atomic E-state index is 13.1. The van der Waals surface area contributed by atoms with E-state index in [1.54, 1.807) is 12.1 Å². The van der Waals surface area contributed by atoms with Crippen LogP contribution in [0.15, 0.2) is 42.5 Å². The van der Waals surface area contributed by atoms with Crippen molar-refractivity contribution >= 4 is 11.7 Å². The largest absolute Gasteiger partial charge is 0.416 e. The number of ketones is 1. The molecule has 1 heterocycles. The molecule has 2 aromatic rings. The number of hydrogen-bond donors (Lipinski definition) is 1. The minimum absolute atomic E-state index is 0.0429.